The minimum Gasteiger partial charge on any atom is -0.497 e. The van der Waals surface area contributed by atoms with Gasteiger partial charge in [0.05, 0.1) is 25.0 Å². The van der Waals surface area contributed by atoms with Crippen LogP contribution in [0.1, 0.15) is 38.8 Å². The first-order chi connectivity index (χ1) is 14.1. The van der Waals surface area contributed by atoms with E-state index in [9.17, 15) is 4.79 Å². The molecule has 2 aromatic carbocycles. The number of aryl methyl sites for hydroxylation is 2. The van der Waals surface area contributed by atoms with Crippen molar-refractivity contribution in [2.75, 3.05) is 7.11 Å². The first kappa shape index (κ1) is 18.7. The topological polar surface area (TPSA) is 55.6 Å². The van der Waals surface area contributed by atoms with Crippen molar-refractivity contribution in [3.8, 4) is 5.75 Å². The van der Waals surface area contributed by atoms with Crippen LogP contribution in [0.2, 0.25) is 0 Å². The summed E-state index contributed by atoms with van der Waals surface area (Å²) in [5, 5.41) is 3.22. The average Bonchev–Trinajstić information content (AvgIpc) is 3.17. The Hall–Kier alpha value is -3.60. The van der Waals surface area contributed by atoms with Gasteiger partial charge in [0, 0.05) is 11.8 Å². The summed E-state index contributed by atoms with van der Waals surface area (Å²) in [6, 6.07) is 18.8. The number of rotatable bonds is 5. The van der Waals surface area contributed by atoms with Crippen LogP contribution in [0.25, 0.3) is 5.65 Å². The number of pyridine rings is 1. The SMILES string of the molecule is COc1ccc(C(=O)NC(c2c(C)cccc2C)c2cnc3ccccn23)cc1. The molecule has 0 aliphatic rings. The molecule has 0 bridgehead atoms. The van der Waals surface area contributed by atoms with Crippen molar-refractivity contribution in [1.82, 2.24) is 14.7 Å². The van der Waals surface area contributed by atoms with Crippen molar-refractivity contribution >= 4 is 11.6 Å². The van der Waals surface area contributed by atoms with Crippen LogP contribution < -0.4 is 10.1 Å². The Labute approximate surface area is 170 Å². The lowest BCUT2D eigenvalue weighted by Crippen LogP contribution is -2.31. The smallest absolute Gasteiger partial charge is 0.252 e. The molecule has 0 saturated heterocycles. The van der Waals surface area contributed by atoms with Crippen molar-refractivity contribution in [1.29, 1.82) is 0 Å². The maximum atomic E-state index is 13.1. The Balaban J connectivity index is 1.79. The Morgan fingerprint density at radius 2 is 1.72 bits per heavy atom. The second kappa shape index (κ2) is 7.80. The zero-order valence-corrected chi connectivity index (χ0v) is 16.7. The van der Waals surface area contributed by atoms with E-state index in [1.807, 2.05) is 41.1 Å². The summed E-state index contributed by atoms with van der Waals surface area (Å²) in [6.07, 6.45) is 3.80. The van der Waals surface area contributed by atoms with Gasteiger partial charge in [0.25, 0.3) is 5.91 Å². The van der Waals surface area contributed by atoms with E-state index >= 15 is 0 Å². The highest BCUT2D eigenvalue weighted by molar-refractivity contribution is 5.94. The molecular weight excluding hydrogens is 362 g/mol. The third-order valence-corrected chi connectivity index (χ3v) is 5.20. The maximum Gasteiger partial charge on any atom is 0.252 e. The number of hydrogen-bond donors (Lipinski definition) is 1. The fraction of sp³-hybridized carbons (Fsp3) is 0.167. The summed E-state index contributed by atoms with van der Waals surface area (Å²) in [7, 11) is 1.61. The van der Waals surface area contributed by atoms with Gasteiger partial charge in [-0.3, -0.25) is 4.79 Å². The van der Waals surface area contributed by atoms with Crippen LogP contribution in [0.3, 0.4) is 0 Å². The molecule has 4 aromatic rings. The normalized spacial score (nSPS) is 12.0. The molecule has 4 rings (SSSR count). The second-order valence-electron chi connectivity index (χ2n) is 7.05. The fourth-order valence-electron chi connectivity index (χ4n) is 3.70. The zero-order valence-electron chi connectivity index (χ0n) is 16.7. The third kappa shape index (κ3) is 3.59. The summed E-state index contributed by atoms with van der Waals surface area (Å²) >= 11 is 0. The Kier molecular flexibility index (Phi) is 5.04. The number of nitrogens with one attached hydrogen (secondary N) is 1. The summed E-state index contributed by atoms with van der Waals surface area (Å²) in [4.78, 5) is 17.6. The van der Waals surface area contributed by atoms with Gasteiger partial charge in [-0.15, -0.1) is 0 Å². The highest BCUT2D eigenvalue weighted by atomic mass is 16.5. The molecule has 0 radical (unpaired) electrons. The number of carbonyl (C=O) groups is 1. The monoisotopic (exact) mass is 385 g/mol. The van der Waals surface area contributed by atoms with Crippen LogP contribution in [-0.2, 0) is 0 Å². The van der Waals surface area contributed by atoms with Crippen molar-refractivity contribution in [3.05, 3.63) is 101 Å². The molecule has 0 saturated carbocycles. The van der Waals surface area contributed by atoms with E-state index in [0.717, 1.165) is 33.8 Å². The van der Waals surface area contributed by atoms with Gasteiger partial charge in [0.15, 0.2) is 0 Å². The standard InChI is InChI=1S/C24H23N3O2/c1-16-7-6-8-17(2)22(16)23(20-15-25-21-9-4-5-14-27(20)21)26-24(28)18-10-12-19(29-3)13-11-18/h4-15,23H,1-3H3,(H,26,28). The zero-order chi connectivity index (χ0) is 20.4. The Bertz CT molecular complexity index is 1140. The molecule has 0 spiro atoms. The molecule has 29 heavy (non-hydrogen) atoms. The maximum absolute atomic E-state index is 13.1. The van der Waals surface area contributed by atoms with Gasteiger partial charge >= 0.3 is 0 Å². The summed E-state index contributed by atoms with van der Waals surface area (Å²) < 4.78 is 7.21. The van der Waals surface area contributed by atoms with E-state index in [1.54, 1.807) is 31.4 Å². The molecular formula is C24H23N3O2. The largest absolute Gasteiger partial charge is 0.497 e. The first-order valence-electron chi connectivity index (χ1n) is 9.51. The number of aromatic nitrogens is 2. The predicted octanol–water partition coefficient (Wildman–Crippen LogP) is 4.48. The van der Waals surface area contributed by atoms with Crippen LogP contribution in [-0.4, -0.2) is 22.4 Å². The van der Waals surface area contributed by atoms with Gasteiger partial charge in [-0.05, 0) is 66.9 Å². The summed E-state index contributed by atoms with van der Waals surface area (Å²) in [5.41, 5.74) is 5.67. The summed E-state index contributed by atoms with van der Waals surface area (Å²) in [6.45, 7) is 4.14. The van der Waals surface area contributed by atoms with E-state index in [1.165, 1.54) is 0 Å². The van der Waals surface area contributed by atoms with E-state index in [4.69, 9.17) is 4.74 Å². The second-order valence-corrected chi connectivity index (χ2v) is 7.05. The van der Waals surface area contributed by atoms with Gasteiger partial charge in [-0.2, -0.15) is 0 Å². The van der Waals surface area contributed by atoms with Gasteiger partial charge in [-0.1, -0.05) is 24.3 Å². The molecule has 1 N–H and O–H groups in total. The number of methoxy groups -OCH3 is 1. The number of amides is 1. The number of ether oxygens (including phenoxy) is 1. The molecule has 5 heteroatoms. The molecule has 1 unspecified atom stereocenters. The highest BCUT2D eigenvalue weighted by Crippen LogP contribution is 2.29. The molecule has 146 valence electrons. The molecule has 2 heterocycles. The fourth-order valence-corrected chi connectivity index (χ4v) is 3.70. The van der Waals surface area contributed by atoms with Crippen molar-refractivity contribution in [2.24, 2.45) is 0 Å². The van der Waals surface area contributed by atoms with E-state index < -0.39 is 0 Å². The predicted molar refractivity (Wildman–Crippen MR) is 113 cm³/mol. The van der Waals surface area contributed by atoms with E-state index in [-0.39, 0.29) is 11.9 Å². The molecule has 0 aliphatic heterocycles. The van der Waals surface area contributed by atoms with Crippen molar-refractivity contribution in [3.63, 3.8) is 0 Å². The number of carbonyl (C=O) groups excluding carboxylic acids is 1. The molecule has 1 amide bonds. The number of hydrogen-bond acceptors (Lipinski definition) is 3. The van der Waals surface area contributed by atoms with Crippen LogP contribution >= 0.6 is 0 Å². The average molecular weight is 385 g/mol. The molecule has 5 nitrogen and oxygen atoms in total. The molecule has 2 aromatic heterocycles. The lowest BCUT2D eigenvalue weighted by molar-refractivity contribution is 0.0942. The van der Waals surface area contributed by atoms with Crippen molar-refractivity contribution < 1.29 is 9.53 Å². The van der Waals surface area contributed by atoms with Crippen LogP contribution in [0.15, 0.2) is 73.1 Å². The molecule has 0 fully saturated rings. The van der Waals surface area contributed by atoms with Crippen LogP contribution in [0.4, 0.5) is 0 Å². The number of fused-ring (bicyclic) bond motifs is 1. The van der Waals surface area contributed by atoms with Crippen molar-refractivity contribution in [2.45, 2.75) is 19.9 Å². The lowest BCUT2D eigenvalue weighted by Gasteiger charge is -2.23. The molecule has 1 atom stereocenters. The van der Waals surface area contributed by atoms with E-state index in [0.29, 0.717) is 5.56 Å². The Morgan fingerprint density at radius 1 is 1.00 bits per heavy atom. The minimum absolute atomic E-state index is 0.147. The molecule has 0 aliphatic carbocycles. The van der Waals surface area contributed by atoms with Crippen LogP contribution in [0.5, 0.6) is 5.75 Å². The van der Waals surface area contributed by atoms with Gasteiger partial charge < -0.3 is 14.5 Å². The van der Waals surface area contributed by atoms with Gasteiger partial charge in [0.2, 0.25) is 0 Å². The van der Waals surface area contributed by atoms with E-state index in [2.05, 4.69) is 36.3 Å². The first-order valence-corrected chi connectivity index (χ1v) is 9.51. The number of imidazole rings is 1. The Morgan fingerprint density at radius 3 is 2.41 bits per heavy atom. The third-order valence-electron chi connectivity index (χ3n) is 5.20. The summed E-state index contributed by atoms with van der Waals surface area (Å²) in [5.74, 6) is 0.570. The van der Waals surface area contributed by atoms with Crippen LogP contribution in [0, 0.1) is 13.8 Å². The minimum atomic E-state index is -0.330. The van der Waals surface area contributed by atoms with Gasteiger partial charge in [0.1, 0.15) is 11.4 Å². The highest BCUT2D eigenvalue weighted by Gasteiger charge is 2.24. The lowest BCUT2D eigenvalue weighted by atomic mass is 9.94. The van der Waals surface area contributed by atoms with Gasteiger partial charge in [-0.25, -0.2) is 4.98 Å². The number of nitrogens with zero attached hydrogens (tertiary/aromatic N) is 2. The number of benzene rings is 2. The quantitative estimate of drug-likeness (QED) is 0.551.